The number of nitrogens with zero attached hydrogens (tertiary/aromatic N) is 1. The van der Waals surface area contributed by atoms with Gasteiger partial charge in [-0.05, 0) is 31.5 Å². The summed E-state index contributed by atoms with van der Waals surface area (Å²) in [7, 11) is 1.66. The predicted octanol–water partition coefficient (Wildman–Crippen LogP) is 2.21. The van der Waals surface area contributed by atoms with Crippen molar-refractivity contribution in [1.29, 1.82) is 0 Å². The number of likely N-dealkylation sites (N-methyl/N-ethyl adjacent to an activating group) is 1. The number of carbonyl (C=O) groups excluding carboxylic acids is 1. The van der Waals surface area contributed by atoms with Gasteiger partial charge in [-0.1, -0.05) is 0 Å². The fraction of sp³-hybridized carbons (Fsp3) is 0.462. The summed E-state index contributed by atoms with van der Waals surface area (Å²) in [6.07, 6.45) is 1.90. The second-order valence-electron chi connectivity index (χ2n) is 4.54. The topological polar surface area (TPSA) is 32.3 Å². The summed E-state index contributed by atoms with van der Waals surface area (Å²) in [5, 5.41) is 3.20. The minimum absolute atomic E-state index is 0. The summed E-state index contributed by atoms with van der Waals surface area (Å²) in [5.74, 6) is -1.89. The highest BCUT2D eigenvalue weighted by Gasteiger charge is 2.24. The van der Waals surface area contributed by atoms with Crippen LogP contribution in [0, 0.1) is 11.6 Å². The van der Waals surface area contributed by atoms with E-state index < -0.39 is 17.5 Å². The third-order valence-electron chi connectivity index (χ3n) is 3.30. The van der Waals surface area contributed by atoms with Crippen molar-refractivity contribution in [2.24, 2.45) is 0 Å². The minimum Gasteiger partial charge on any atom is -0.337 e. The first-order valence-electron chi connectivity index (χ1n) is 6.02. The molecule has 1 amide bonds. The van der Waals surface area contributed by atoms with E-state index in [1.807, 2.05) is 0 Å². The second-order valence-corrected chi connectivity index (χ2v) is 4.54. The third-order valence-corrected chi connectivity index (χ3v) is 3.30. The molecule has 2 rings (SSSR count). The van der Waals surface area contributed by atoms with E-state index in [2.05, 4.69) is 5.32 Å². The lowest BCUT2D eigenvalue weighted by molar-refractivity contribution is 0.0703. The van der Waals surface area contributed by atoms with Crippen LogP contribution in [-0.4, -0.2) is 37.0 Å². The zero-order valence-electron chi connectivity index (χ0n) is 10.7. The average molecular weight is 291 g/mol. The maximum Gasteiger partial charge on any atom is 0.256 e. The van der Waals surface area contributed by atoms with E-state index in [-0.39, 0.29) is 24.0 Å². The number of carbonyl (C=O) groups is 1. The predicted molar refractivity (Wildman–Crippen MR) is 71.6 cm³/mol. The van der Waals surface area contributed by atoms with E-state index in [9.17, 15) is 13.6 Å². The number of amides is 1. The molecule has 0 saturated carbocycles. The Kier molecular flexibility index (Phi) is 5.69. The molecule has 1 saturated heterocycles. The molecule has 0 radical (unpaired) electrons. The molecule has 1 heterocycles. The van der Waals surface area contributed by atoms with E-state index in [0.717, 1.165) is 31.5 Å². The largest absolute Gasteiger partial charge is 0.337 e. The molecule has 1 aromatic carbocycles. The van der Waals surface area contributed by atoms with Gasteiger partial charge in [-0.15, -0.1) is 12.4 Å². The third kappa shape index (κ3) is 3.64. The van der Waals surface area contributed by atoms with E-state index in [1.54, 1.807) is 7.05 Å². The van der Waals surface area contributed by atoms with Crippen LogP contribution in [0.5, 0.6) is 0 Å². The SMILES string of the molecule is CN(C(=O)c1ccc(F)cc1F)[C@@H]1CCCNC1.Cl. The van der Waals surface area contributed by atoms with Crippen molar-refractivity contribution < 1.29 is 13.6 Å². The molecule has 1 atom stereocenters. The van der Waals surface area contributed by atoms with Gasteiger partial charge in [-0.25, -0.2) is 8.78 Å². The van der Waals surface area contributed by atoms with Gasteiger partial charge in [0.1, 0.15) is 11.6 Å². The van der Waals surface area contributed by atoms with Crippen molar-refractivity contribution in [2.45, 2.75) is 18.9 Å². The molecule has 0 aromatic heterocycles. The summed E-state index contributed by atoms with van der Waals surface area (Å²) < 4.78 is 26.3. The molecule has 0 aliphatic carbocycles. The van der Waals surface area contributed by atoms with Gasteiger partial charge >= 0.3 is 0 Å². The van der Waals surface area contributed by atoms with Crippen molar-refractivity contribution in [3.8, 4) is 0 Å². The van der Waals surface area contributed by atoms with Gasteiger partial charge in [0.2, 0.25) is 0 Å². The van der Waals surface area contributed by atoms with Gasteiger partial charge in [0.25, 0.3) is 5.91 Å². The van der Waals surface area contributed by atoms with Crippen LogP contribution in [0.1, 0.15) is 23.2 Å². The number of halogens is 3. The van der Waals surface area contributed by atoms with Gasteiger partial charge < -0.3 is 10.2 Å². The first-order valence-corrected chi connectivity index (χ1v) is 6.02. The minimum atomic E-state index is -0.810. The fourth-order valence-electron chi connectivity index (χ4n) is 2.18. The molecule has 1 aromatic rings. The first-order chi connectivity index (χ1) is 8.59. The Morgan fingerprint density at radius 2 is 2.16 bits per heavy atom. The van der Waals surface area contributed by atoms with Crippen molar-refractivity contribution in [1.82, 2.24) is 10.2 Å². The number of nitrogens with one attached hydrogen (secondary N) is 1. The van der Waals surface area contributed by atoms with Crippen molar-refractivity contribution >= 4 is 18.3 Å². The van der Waals surface area contributed by atoms with Gasteiger partial charge in [-0.2, -0.15) is 0 Å². The maximum atomic E-state index is 13.5. The Morgan fingerprint density at radius 1 is 1.42 bits per heavy atom. The van der Waals surface area contributed by atoms with Gasteiger partial charge in [0.15, 0.2) is 0 Å². The fourth-order valence-corrected chi connectivity index (χ4v) is 2.18. The average Bonchev–Trinajstić information content (AvgIpc) is 2.38. The lowest BCUT2D eigenvalue weighted by Crippen LogP contribution is -2.46. The molecule has 3 nitrogen and oxygen atoms in total. The van der Waals surface area contributed by atoms with Crippen molar-refractivity contribution in [2.75, 3.05) is 20.1 Å². The van der Waals surface area contributed by atoms with Crippen LogP contribution in [0.4, 0.5) is 8.78 Å². The zero-order chi connectivity index (χ0) is 13.1. The first kappa shape index (κ1) is 15.9. The summed E-state index contributed by atoms with van der Waals surface area (Å²) in [5.41, 5.74) is -0.0792. The zero-order valence-corrected chi connectivity index (χ0v) is 11.5. The van der Waals surface area contributed by atoms with Crippen LogP contribution in [0.3, 0.4) is 0 Å². The normalized spacial score (nSPS) is 18.6. The van der Waals surface area contributed by atoms with Crippen molar-refractivity contribution in [3.63, 3.8) is 0 Å². The number of hydrogen-bond donors (Lipinski definition) is 1. The summed E-state index contributed by atoms with van der Waals surface area (Å²) in [6.45, 7) is 1.66. The molecule has 1 aliphatic heterocycles. The van der Waals surface area contributed by atoms with Crippen LogP contribution >= 0.6 is 12.4 Å². The number of rotatable bonds is 2. The van der Waals surface area contributed by atoms with Crippen LogP contribution < -0.4 is 5.32 Å². The monoisotopic (exact) mass is 290 g/mol. The number of benzene rings is 1. The second kappa shape index (κ2) is 6.82. The highest BCUT2D eigenvalue weighted by Crippen LogP contribution is 2.15. The molecular weight excluding hydrogens is 274 g/mol. The summed E-state index contributed by atoms with van der Waals surface area (Å²) in [6, 6.07) is 3.10. The molecule has 0 unspecified atom stereocenters. The maximum absolute atomic E-state index is 13.5. The lowest BCUT2D eigenvalue weighted by atomic mass is 10.0. The number of piperidine rings is 1. The molecular formula is C13H17ClF2N2O. The molecule has 0 spiro atoms. The molecule has 6 heteroatoms. The number of hydrogen-bond acceptors (Lipinski definition) is 2. The van der Waals surface area contributed by atoms with Gasteiger partial charge in [-0.3, -0.25) is 4.79 Å². The van der Waals surface area contributed by atoms with E-state index >= 15 is 0 Å². The highest BCUT2D eigenvalue weighted by molar-refractivity contribution is 5.94. The van der Waals surface area contributed by atoms with Crippen LogP contribution in [0.15, 0.2) is 18.2 Å². The van der Waals surface area contributed by atoms with E-state index in [0.29, 0.717) is 6.54 Å². The molecule has 1 N–H and O–H groups in total. The molecule has 0 bridgehead atoms. The standard InChI is InChI=1S/C13H16F2N2O.ClH/c1-17(10-3-2-6-16-8-10)13(18)11-5-4-9(14)7-12(11)15;/h4-5,7,10,16H,2-3,6,8H2,1H3;1H/t10-;/m1./s1. The molecule has 1 fully saturated rings. The Balaban J connectivity index is 0.00000180. The van der Waals surface area contributed by atoms with Gasteiger partial charge in [0.05, 0.1) is 5.56 Å². The van der Waals surface area contributed by atoms with Crippen molar-refractivity contribution in [3.05, 3.63) is 35.4 Å². The Hall–Kier alpha value is -1.20. The van der Waals surface area contributed by atoms with Gasteiger partial charge in [0, 0.05) is 25.7 Å². The van der Waals surface area contributed by atoms with Crippen LogP contribution in [0.2, 0.25) is 0 Å². The van der Waals surface area contributed by atoms with E-state index in [1.165, 1.54) is 11.0 Å². The van der Waals surface area contributed by atoms with Crippen LogP contribution in [0.25, 0.3) is 0 Å². The molecule has 19 heavy (non-hydrogen) atoms. The van der Waals surface area contributed by atoms with Crippen LogP contribution in [-0.2, 0) is 0 Å². The Labute approximate surface area is 117 Å². The van der Waals surface area contributed by atoms with E-state index in [4.69, 9.17) is 0 Å². The Bertz CT molecular complexity index is 450. The quantitative estimate of drug-likeness (QED) is 0.906. The summed E-state index contributed by atoms with van der Waals surface area (Å²) >= 11 is 0. The lowest BCUT2D eigenvalue weighted by Gasteiger charge is -2.31. The molecule has 106 valence electrons. The Morgan fingerprint density at radius 3 is 2.74 bits per heavy atom. The molecule has 1 aliphatic rings. The smallest absolute Gasteiger partial charge is 0.256 e. The summed E-state index contributed by atoms with van der Waals surface area (Å²) in [4.78, 5) is 13.6. The highest BCUT2D eigenvalue weighted by atomic mass is 35.5.